The number of anilines is 1. The third-order valence-corrected chi connectivity index (χ3v) is 5.39. The van der Waals surface area contributed by atoms with Gasteiger partial charge in [0.15, 0.2) is 5.76 Å². The third kappa shape index (κ3) is 4.90. The maximum Gasteiger partial charge on any atom is 0.315 e. The fourth-order valence-corrected chi connectivity index (χ4v) is 3.63. The van der Waals surface area contributed by atoms with Gasteiger partial charge in [-0.15, -0.1) is 0 Å². The Morgan fingerprint density at radius 1 is 1.00 bits per heavy atom. The van der Waals surface area contributed by atoms with Crippen molar-refractivity contribution in [3.8, 4) is 17.2 Å². The summed E-state index contributed by atoms with van der Waals surface area (Å²) in [6, 6.07) is 18.3. The molecule has 4 rings (SSSR count). The number of carbonyl (C=O) groups is 2. The van der Waals surface area contributed by atoms with Crippen LogP contribution in [-0.2, 0) is 11.2 Å². The zero-order valence-corrected chi connectivity index (χ0v) is 19.0. The topological polar surface area (TPSA) is 65.1 Å². The van der Waals surface area contributed by atoms with Crippen LogP contribution in [0.4, 0.5) is 5.69 Å². The fourth-order valence-electron chi connectivity index (χ4n) is 3.63. The number of hydrogen-bond donors (Lipinski definition) is 0. The summed E-state index contributed by atoms with van der Waals surface area (Å²) in [5, 5.41) is 0. The Bertz CT molecular complexity index is 1220. The van der Waals surface area contributed by atoms with Gasteiger partial charge >= 0.3 is 5.97 Å². The molecule has 3 aromatic carbocycles. The van der Waals surface area contributed by atoms with Crippen LogP contribution < -0.4 is 19.1 Å². The Hall–Kier alpha value is -4.06. The summed E-state index contributed by atoms with van der Waals surface area (Å²) >= 11 is 0. The molecule has 0 aromatic heterocycles. The number of hydrogen-bond acceptors (Lipinski definition) is 6. The molecule has 0 amide bonds. The Balaban J connectivity index is 1.49. The number of benzene rings is 3. The van der Waals surface area contributed by atoms with E-state index >= 15 is 0 Å². The minimum Gasteiger partial charge on any atom is -0.497 e. The second-order valence-corrected chi connectivity index (χ2v) is 8.04. The van der Waals surface area contributed by atoms with Crippen LogP contribution in [0.1, 0.15) is 27.0 Å². The molecule has 1 heterocycles. The maximum atomic E-state index is 12.9. The van der Waals surface area contributed by atoms with Crippen molar-refractivity contribution in [1.82, 2.24) is 0 Å². The van der Waals surface area contributed by atoms with Crippen LogP contribution in [0.2, 0.25) is 0 Å². The quantitative estimate of drug-likeness (QED) is 0.309. The molecule has 0 aliphatic carbocycles. The zero-order chi connectivity index (χ0) is 23.5. The first kappa shape index (κ1) is 22.1. The van der Waals surface area contributed by atoms with Gasteiger partial charge in [-0.25, -0.2) is 0 Å². The van der Waals surface area contributed by atoms with E-state index in [-0.39, 0.29) is 18.0 Å². The molecule has 0 saturated heterocycles. The largest absolute Gasteiger partial charge is 0.497 e. The van der Waals surface area contributed by atoms with Gasteiger partial charge in [0.2, 0.25) is 5.78 Å². The van der Waals surface area contributed by atoms with Crippen molar-refractivity contribution < 1.29 is 23.8 Å². The molecular formula is C27H25NO5. The van der Waals surface area contributed by atoms with E-state index in [0.29, 0.717) is 22.6 Å². The molecule has 33 heavy (non-hydrogen) atoms. The number of ether oxygens (including phenoxy) is 3. The molecule has 0 unspecified atom stereocenters. The van der Waals surface area contributed by atoms with Gasteiger partial charge in [0.05, 0.1) is 19.1 Å². The molecule has 0 saturated carbocycles. The van der Waals surface area contributed by atoms with Crippen LogP contribution in [0.15, 0.2) is 66.4 Å². The first-order chi connectivity index (χ1) is 15.8. The summed E-state index contributed by atoms with van der Waals surface area (Å²) < 4.78 is 16.5. The summed E-state index contributed by atoms with van der Waals surface area (Å²) in [5.41, 5.74) is 3.92. The number of Topliss-reactive ketones (excluding diaryl/α,β-unsaturated/α-hetero) is 1. The summed E-state index contributed by atoms with van der Waals surface area (Å²) in [6.45, 7) is 1.80. The minimum atomic E-state index is -0.402. The second-order valence-electron chi connectivity index (χ2n) is 8.04. The normalized spacial score (nSPS) is 13.5. The van der Waals surface area contributed by atoms with E-state index in [9.17, 15) is 9.59 Å². The van der Waals surface area contributed by atoms with E-state index in [1.54, 1.807) is 44.4 Å². The van der Waals surface area contributed by atoms with Gasteiger partial charge in [0.1, 0.15) is 17.2 Å². The molecule has 0 fully saturated rings. The first-order valence-corrected chi connectivity index (χ1v) is 10.5. The van der Waals surface area contributed by atoms with Crippen molar-refractivity contribution in [1.29, 1.82) is 0 Å². The van der Waals surface area contributed by atoms with Crippen LogP contribution in [0.5, 0.6) is 17.2 Å². The number of nitrogens with zero attached hydrogens (tertiary/aromatic N) is 1. The molecule has 0 bridgehead atoms. The van der Waals surface area contributed by atoms with Crippen LogP contribution >= 0.6 is 0 Å². The van der Waals surface area contributed by atoms with Crippen molar-refractivity contribution in [2.75, 3.05) is 26.1 Å². The number of fused-ring (bicyclic) bond motifs is 1. The highest BCUT2D eigenvalue weighted by molar-refractivity contribution is 6.15. The second kappa shape index (κ2) is 9.20. The molecule has 6 nitrogen and oxygen atoms in total. The molecule has 6 heteroatoms. The third-order valence-electron chi connectivity index (χ3n) is 5.39. The van der Waals surface area contributed by atoms with Gasteiger partial charge in [-0.05, 0) is 60.0 Å². The number of methoxy groups -OCH3 is 1. The average molecular weight is 443 g/mol. The first-order valence-electron chi connectivity index (χ1n) is 10.5. The summed E-state index contributed by atoms with van der Waals surface area (Å²) in [7, 11) is 5.53. The molecular weight excluding hydrogens is 418 g/mol. The predicted molar refractivity (Wildman–Crippen MR) is 127 cm³/mol. The number of allylic oxidation sites excluding steroid dienone is 1. The molecule has 168 valence electrons. The van der Waals surface area contributed by atoms with E-state index in [1.165, 1.54) is 0 Å². The Morgan fingerprint density at radius 3 is 2.33 bits per heavy atom. The van der Waals surface area contributed by atoms with Gasteiger partial charge in [0, 0.05) is 25.8 Å². The fraction of sp³-hybridized carbons (Fsp3) is 0.185. The van der Waals surface area contributed by atoms with Gasteiger partial charge in [-0.2, -0.15) is 0 Å². The number of carbonyl (C=O) groups excluding carboxylic acids is 2. The SMILES string of the molecule is COc1ccc(CC(=O)Oc2cc(C)c3c(c2)O/C(=C\c2ccc(N(C)C)cc2)C3=O)cc1. The van der Waals surface area contributed by atoms with Crippen molar-refractivity contribution >= 4 is 23.5 Å². The molecule has 0 atom stereocenters. The number of ketones is 1. The maximum absolute atomic E-state index is 12.9. The standard InChI is InChI=1S/C27H25NO5/c1-17-13-22(32-25(29)15-19-7-11-21(31-4)12-8-19)16-23-26(17)27(30)24(33-23)14-18-5-9-20(10-6-18)28(2)3/h5-14,16H,15H2,1-4H3/b24-14-. The van der Waals surface area contributed by atoms with E-state index in [0.717, 1.165) is 22.6 Å². The van der Waals surface area contributed by atoms with E-state index in [4.69, 9.17) is 14.2 Å². The van der Waals surface area contributed by atoms with Crippen LogP contribution in [0.25, 0.3) is 6.08 Å². The Morgan fingerprint density at radius 2 is 1.70 bits per heavy atom. The number of aryl methyl sites for hydroxylation is 1. The highest BCUT2D eigenvalue weighted by atomic mass is 16.5. The van der Waals surface area contributed by atoms with Crippen LogP contribution in [-0.4, -0.2) is 33.0 Å². The van der Waals surface area contributed by atoms with Crippen molar-refractivity contribution in [3.63, 3.8) is 0 Å². The van der Waals surface area contributed by atoms with Crippen molar-refractivity contribution in [2.24, 2.45) is 0 Å². The van der Waals surface area contributed by atoms with Gasteiger partial charge in [0.25, 0.3) is 0 Å². The van der Waals surface area contributed by atoms with Crippen molar-refractivity contribution in [3.05, 3.63) is 88.7 Å². The smallest absolute Gasteiger partial charge is 0.315 e. The number of esters is 1. The van der Waals surface area contributed by atoms with E-state index in [2.05, 4.69) is 0 Å². The highest BCUT2D eigenvalue weighted by Gasteiger charge is 2.30. The average Bonchev–Trinajstić information content (AvgIpc) is 3.10. The van der Waals surface area contributed by atoms with Gasteiger partial charge < -0.3 is 19.1 Å². The lowest BCUT2D eigenvalue weighted by Crippen LogP contribution is -2.11. The Kier molecular flexibility index (Phi) is 6.18. The highest BCUT2D eigenvalue weighted by Crippen LogP contribution is 2.37. The number of rotatable bonds is 6. The van der Waals surface area contributed by atoms with E-state index < -0.39 is 5.97 Å². The molecule has 0 N–H and O–H groups in total. The molecule has 0 radical (unpaired) electrons. The molecule has 0 spiro atoms. The minimum absolute atomic E-state index is 0.119. The Labute approximate surface area is 193 Å². The molecule has 1 aliphatic rings. The lowest BCUT2D eigenvalue weighted by molar-refractivity contribution is -0.133. The van der Waals surface area contributed by atoms with Gasteiger partial charge in [-0.3, -0.25) is 9.59 Å². The van der Waals surface area contributed by atoms with Crippen LogP contribution in [0.3, 0.4) is 0 Å². The zero-order valence-electron chi connectivity index (χ0n) is 19.0. The lowest BCUT2D eigenvalue weighted by Gasteiger charge is -2.11. The summed E-state index contributed by atoms with van der Waals surface area (Å²) in [4.78, 5) is 27.3. The summed E-state index contributed by atoms with van der Waals surface area (Å²) in [5.74, 6) is 1.11. The summed E-state index contributed by atoms with van der Waals surface area (Å²) in [6.07, 6.45) is 1.84. The van der Waals surface area contributed by atoms with E-state index in [1.807, 2.05) is 55.4 Å². The molecule has 1 aliphatic heterocycles. The lowest BCUT2D eigenvalue weighted by atomic mass is 10.0. The van der Waals surface area contributed by atoms with Crippen molar-refractivity contribution in [2.45, 2.75) is 13.3 Å². The monoisotopic (exact) mass is 443 g/mol. The predicted octanol–water partition coefficient (Wildman–Crippen LogP) is 4.83. The van der Waals surface area contributed by atoms with Crippen LogP contribution in [0, 0.1) is 6.92 Å². The van der Waals surface area contributed by atoms with Gasteiger partial charge in [-0.1, -0.05) is 24.3 Å². The molecule has 3 aromatic rings.